The van der Waals surface area contributed by atoms with E-state index in [-0.39, 0.29) is 0 Å². The third kappa shape index (κ3) is 3.22. The topological polar surface area (TPSA) is 9.23 Å². The van der Waals surface area contributed by atoms with Gasteiger partial charge in [-0.05, 0) is 65.3 Å². The molecule has 0 saturated carbocycles. The molecule has 1 nitrogen and oxygen atoms in total. The minimum absolute atomic E-state index is 0.625. The Morgan fingerprint density at radius 1 is 1.00 bits per heavy atom. The Morgan fingerprint density at radius 3 is 2.18 bits per heavy atom. The molecule has 0 N–H and O–H groups in total. The molecule has 2 heteroatoms. The quantitative estimate of drug-likeness (QED) is 0.750. The summed E-state index contributed by atoms with van der Waals surface area (Å²) < 4.78 is 7.12. The fraction of sp³-hybridized carbons (Fsp3) is 0.200. The number of benzene rings is 2. The average Bonchev–Trinajstić information content (AvgIpc) is 2.34. The van der Waals surface area contributed by atoms with Crippen molar-refractivity contribution in [3.05, 3.63) is 62.7 Å². The highest BCUT2D eigenvalue weighted by atomic mass is 127. The summed E-state index contributed by atoms with van der Waals surface area (Å²) in [7, 11) is 0. The lowest BCUT2D eigenvalue weighted by atomic mass is 10.1. The van der Waals surface area contributed by atoms with Gasteiger partial charge in [-0.1, -0.05) is 30.3 Å². The molecule has 0 saturated heterocycles. The largest absolute Gasteiger partial charge is 0.489 e. The first-order chi connectivity index (χ1) is 8.16. The van der Waals surface area contributed by atoms with E-state index in [2.05, 4.69) is 60.7 Å². The van der Waals surface area contributed by atoms with E-state index in [9.17, 15) is 0 Å². The molecule has 0 atom stereocenters. The molecule has 0 radical (unpaired) electrons. The van der Waals surface area contributed by atoms with Gasteiger partial charge < -0.3 is 4.74 Å². The minimum Gasteiger partial charge on any atom is -0.489 e. The summed E-state index contributed by atoms with van der Waals surface area (Å²) >= 11 is 2.37. The van der Waals surface area contributed by atoms with Gasteiger partial charge in [-0.3, -0.25) is 0 Å². The van der Waals surface area contributed by atoms with Gasteiger partial charge in [0.25, 0.3) is 0 Å². The highest BCUT2D eigenvalue weighted by molar-refractivity contribution is 14.1. The average molecular weight is 338 g/mol. The van der Waals surface area contributed by atoms with E-state index in [0.717, 1.165) is 5.75 Å². The van der Waals surface area contributed by atoms with E-state index in [4.69, 9.17) is 4.74 Å². The first-order valence-corrected chi connectivity index (χ1v) is 6.68. The highest BCUT2D eigenvalue weighted by Gasteiger charge is 2.03. The lowest BCUT2D eigenvalue weighted by Gasteiger charge is -2.10. The molecule has 0 fully saturated rings. The van der Waals surface area contributed by atoms with Crippen LogP contribution in [-0.4, -0.2) is 0 Å². The van der Waals surface area contributed by atoms with Crippen molar-refractivity contribution in [2.75, 3.05) is 0 Å². The molecule has 0 bridgehead atoms. The van der Waals surface area contributed by atoms with Gasteiger partial charge in [-0.25, -0.2) is 0 Å². The predicted octanol–water partition coefficient (Wildman–Crippen LogP) is 4.49. The zero-order valence-electron chi connectivity index (χ0n) is 10.0. The fourth-order valence-electron chi connectivity index (χ4n) is 1.73. The number of hydrogen-bond donors (Lipinski definition) is 0. The predicted molar refractivity (Wildman–Crippen MR) is 79.4 cm³/mol. The molecule has 0 aliphatic heterocycles. The van der Waals surface area contributed by atoms with Gasteiger partial charge in [-0.15, -0.1) is 0 Å². The Bertz CT molecular complexity index is 483. The normalized spacial score (nSPS) is 10.3. The zero-order valence-corrected chi connectivity index (χ0v) is 12.2. The zero-order chi connectivity index (χ0) is 12.3. The number of ether oxygens (including phenoxy) is 1. The van der Waals surface area contributed by atoms with Crippen LogP contribution in [0.3, 0.4) is 0 Å². The molecule has 0 aliphatic rings. The van der Waals surface area contributed by atoms with Gasteiger partial charge in [0.2, 0.25) is 0 Å². The van der Waals surface area contributed by atoms with Crippen molar-refractivity contribution in [3.8, 4) is 5.75 Å². The highest BCUT2D eigenvalue weighted by Crippen LogP contribution is 2.23. The standard InChI is InChI=1S/C15H15IO/c1-11-8-14(9-12(2)15(11)16)17-10-13-6-4-3-5-7-13/h3-9H,10H2,1-2H3. The number of rotatable bonds is 3. The van der Waals surface area contributed by atoms with Crippen LogP contribution in [0.4, 0.5) is 0 Å². The van der Waals surface area contributed by atoms with E-state index >= 15 is 0 Å². The lowest BCUT2D eigenvalue weighted by Crippen LogP contribution is -1.97. The Kier molecular flexibility index (Phi) is 4.05. The third-order valence-electron chi connectivity index (χ3n) is 2.66. The van der Waals surface area contributed by atoms with Crippen molar-refractivity contribution < 1.29 is 4.74 Å². The molecule has 0 amide bonds. The summed E-state index contributed by atoms with van der Waals surface area (Å²) in [5.41, 5.74) is 3.74. The first-order valence-electron chi connectivity index (χ1n) is 5.60. The summed E-state index contributed by atoms with van der Waals surface area (Å²) in [4.78, 5) is 0. The van der Waals surface area contributed by atoms with Crippen LogP contribution in [0.2, 0.25) is 0 Å². The maximum Gasteiger partial charge on any atom is 0.120 e. The Morgan fingerprint density at radius 2 is 1.59 bits per heavy atom. The smallest absolute Gasteiger partial charge is 0.120 e. The van der Waals surface area contributed by atoms with Crippen molar-refractivity contribution in [1.29, 1.82) is 0 Å². The van der Waals surface area contributed by atoms with Crippen molar-refractivity contribution in [3.63, 3.8) is 0 Å². The number of aryl methyl sites for hydroxylation is 2. The lowest BCUT2D eigenvalue weighted by molar-refractivity contribution is 0.306. The van der Waals surface area contributed by atoms with Crippen LogP contribution in [0.5, 0.6) is 5.75 Å². The molecular weight excluding hydrogens is 323 g/mol. The van der Waals surface area contributed by atoms with E-state index in [1.807, 2.05) is 18.2 Å². The molecule has 0 unspecified atom stereocenters. The molecule has 2 aromatic carbocycles. The summed E-state index contributed by atoms with van der Waals surface area (Å²) in [5.74, 6) is 0.948. The first kappa shape index (κ1) is 12.4. The molecule has 88 valence electrons. The molecule has 0 aliphatic carbocycles. The van der Waals surface area contributed by atoms with E-state index in [1.54, 1.807) is 0 Å². The summed E-state index contributed by atoms with van der Waals surface area (Å²) in [6.07, 6.45) is 0. The van der Waals surface area contributed by atoms with Crippen molar-refractivity contribution in [2.24, 2.45) is 0 Å². The van der Waals surface area contributed by atoms with Crippen LogP contribution < -0.4 is 4.74 Å². The summed E-state index contributed by atoms with van der Waals surface area (Å²) in [5, 5.41) is 0. The van der Waals surface area contributed by atoms with Gasteiger partial charge in [0, 0.05) is 3.57 Å². The van der Waals surface area contributed by atoms with Crippen LogP contribution in [0.25, 0.3) is 0 Å². The molecule has 0 spiro atoms. The van der Waals surface area contributed by atoms with Gasteiger partial charge >= 0.3 is 0 Å². The second kappa shape index (κ2) is 5.54. The van der Waals surface area contributed by atoms with Gasteiger partial charge in [0.05, 0.1) is 0 Å². The monoisotopic (exact) mass is 338 g/mol. The summed E-state index contributed by atoms with van der Waals surface area (Å²) in [6, 6.07) is 14.4. The molecule has 2 aromatic rings. The number of halogens is 1. The van der Waals surface area contributed by atoms with Crippen LogP contribution in [0.15, 0.2) is 42.5 Å². The Balaban J connectivity index is 2.10. The van der Waals surface area contributed by atoms with Gasteiger partial charge in [0.15, 0.2) is 0 Å². The van der Waals surface area contributed by atoms with Gasteiger partial charge in [-0.2, -0.15) is 0 Å². The molecule has 0 heterocycles. The van der Waals surface area contributed by atoms with Crippen LogP contribution >= 0.6 is 22.6 Å². The second-order valence-electron chi connectivity index (χ2n) is 4.15. The van der Waals surface area contributed by atoms with E-state index < -0.39 is 0 Å². The van der Waals surface area contributed by atoms with Crippen LogP contribution in [0, 0.1) is 17.4 Å². The van der Waals surface area contributed by atoms with Crippen molar-refractivity contribution >= 4 is 22.6 Å². The van der Waals surface area contributed by atoms with Crippen LogP contribution in [-0.2, 0) is 6.61 Å². The number of hydrogen-bond acceptors (Lipinski definition) is 1. The molecule has 17 heavy (non-hydrogen) atoms. The summed E-state index contributed by atoms with van der Waals surface area (Å²) in [6.45, 7) is 4.86. The Hall–Kier alpha value is -1.03. The van der Waals surface area contributed by atoms with Crippen molar-refractivity contribution in [1.82, 2.24) is 0 Å². The van der Waals surface area contributed by atoms with Gasteiger partial charge in [0.1, 0.15) is 12.4 Å². The van der Waals surface area contributed by atoms with Crippen LogP contribution in [0.1, 0.15) is 16.7 Å². The maximum absolute atomic E-state index is 5.81. The van der Waals surface area contributed by atoms with Crippen molar-refractivity contribution in [2.45, 2.75) is 20.5 Å². The van der Waals surface area contributed by atoms with E-state index in [0.29, 0.717) is 6.61 Å². The fourth-order valence-corrected chi connectivity index (χ4v) is 2.04. The molecule has 0 aromatic heterocycles. The maximum atomic E-state index is 5.81. The minimum atomic E-state index is 0.625. The molecule has 2 rings (SSSR count). The molecular formula is C15H15IO. The second-order valence-corrected chi connectivity index (χ2v) is 5.22. The SMILES string of the molecule is Cc1cc(OCc2ccccc2)cc(C)c1I. The Labute approximate surface area is 116 Å². The third-order valence-corrected chi connectivity index (χ3v) is 4.36. The van der Waals surface area contributed by atoms with E-state index in [1.165, 1.54) is 20.3 Å².